The van der Waals surface area contributed by atoms with Gasteiger partial charge in [-0.05, 0) is 61.3 Å². The molecule has 3 nitrogen and oxygen atoms in total. The first kappa shape index (κ1) is 12.9. The highest BCUT2D eigenvalue weighted by atomic mass is 79.9. The highest BCUT2D eigenvalue weighted by molar-refractivity contribution is 9.10. The summed E-state index contributed by atoms with van der Waals surface area (Å²) in [5.74, 6) is 2.14. The molecule has 1 amide bonds. The second-order valence-corrected chi connectivity index (χ2v) is 6.48. The number of hydrogen-bond donors (Lipinski definition) is 1. The molecule has 1 N–H and O–H groups in total. The summed E-state index contributed by atoms with van der Waals surface area (Å²) in [5.41, 5.74) is 3.25. The maximum atomic E-state index is 11.8. The van der Waals surface area contributed by atoms with E-state index in [1.165, 1.54) is 25.7 Å². The van der Waals surface area contributed by atoms with Crippen molar-refractivity contribution in [3.05, 3.63) is 34.3 Å². The summed E-state index contributed by atoms with van der Waals surface area (Å²) in [7, 11) is 0. The third-order valence-corrected chi connectivity index (χ3v) is 4.86. The highest BCUT2D eigenvalue weighted by Crippen LogP contribution is 2.47. The van der Waals surface area contributed by atoms with Crippen LogP contribution in [-0.2, 0) is 0 Å². The molecule has 2 aliphatic rings. The Morgan fingerprint density at radius 3 is 2.68 bits per heavy atom. The highest BCUT2D eigenvalue weighted by Gasteiger charge is 2.38. The van der Waals surface area contributed by atoms with E-state index in [0.29, 0.717) is 11.5 Å². The minimum absolute atomic E-state index is 0.146. The van der Waals surface area contributed by atoms with Crippen molar-refractivity contribution in [2.24, 2.45) is 22.9 Å². The zero-order valence-electron chi connectivity index (χ0n) is 10.7. The van der Waals surface area contributed by atoms with E-state index in [4.69, 9.17) is 0 Å². The van der Waals surface area contributed by atoms with Crippen LogP contribution in [0.2, 0.25) is 0 Å². The van der Waals surface area contributed by atoms with Gasteiger partial charge >= 0.3 is 0 Å². The second-order valence-electron chi connectivity index (χ2n) is 5.56. The van der Waals surface area contributed by atoms with Gasteiger partial charge in [-0.25, -0.2) is 5.43 Å². The largest absolute Gasteiger partial charge is 0.271 e. The monoisotopic (exact) mass is 320 g/mol. The van der Waals surface area contributed by atoms with Crippen molar-refractivity contribution in [2.45, 2.75) is 25.7 Å². The summed E-state index contributed by atoms with van der Waals surface area (Å²) >= 11 is 3.35. The van der Waals surface area contributed by atoms with Gasteiger partial charge in [0.2, 0.25) is 0 Å². The fourth-order valence-electron chi connectivity index (χ4n) is 3.33. The van der Waals surface area contributed by atoms with Crippen LogP contribution >= 0.6 is 15.9 Å². The van der Waals surface area contributed by atoms with Gasteiger partial charge in [0.15, 0.2) is 0 Å². The van der Waals surface area contributed by atoms with Crippen LogP contribution in [0.25, 0.3) is 0 Å². The molecule has 3 rings (SSSR count). The van der Waals surface area contributed by atoms with Gasteiger partial charge in [-0.2, -0.15) is 5.10 Å². The smallest absolute Gasteiger partial charge is 0.267 e. The van der Waals surface area contributed by atoms with Crippen LogP contribution in [0, 0.1) is 17.8 Å². The Kier molecular flexibility index (Phi) is 3.69. The molecule has 2 aliphatic carbocycles. The predicted molar refractivity (Wildman–Crippen MR) is 79.0 cm³/mol. The number of amides is 1. The van der Waals surface area contributed by atoms with Crippen molar-refractivity contribution in [2.75, 3.05) is 0 Å². The number of halogens is 1. The molecule has 19 heavy (non-hydrogen) atoms. The van der Waals surface area contributed by atoms with E-state index >= 15 is 0 Å². The molecule has 1 aromatic rings. The van der Waals surface area contributed by atoms with Crippen molar-refractivity contribution in [3.8, 4) is 0 Å². The molecular formula is C15H17BrN2O. The first-order valence-corrected chi connectivity index (χ1v) is 7.61. The minimum atomic E-state index is -0.146. The molecule has 0 aromatic heterocycles. The van der Waals surface area contributed by atoms with Gasteiger partial charge in [0, 0.05) is 16.3 Å². The van der Waals surface area contributed by atoms with Crippen molar-refractivity contribution < 1.29 is 4.79 Å². The number of carbonyl (C=O) groups is 1. The first-order chi connectivity index (χ1) is 9.22. The third kappa shape index (κ3) is 2.89. The van der Waals surface area contributed by atoms with E-state index in [1.807, 2.05) is 18.3 Å². The van der Waals surface area contributed by atoms with E-state index in [1.54, 1.807) is 12.1 Å². The molecule has 100 valence electrons. The minimum Gasteiger partial charge on any atom is -0.267 e. The summed E-state index contributed by atoms with van der Waals surface area (Å²) in [6, 6.07) is 7.28. The SMILES string of the molecule is O=C(NN=CC1CC2CCC1C2)c1ccc(Br)cc1. The fraction of sp³-hybridized carbons (Fsp3) is 0.467. The predicted octanol–water partition coefficient (Wildman–Crippen LogP) is 3.60. The average molecular weight is 321 g/mol. The third-order valence-electron chi connectivity index (χ3n) is 4.33. The van der Waals surface area contributed by atoms with Crippen molar-refractivity contribution in [1.29, 1.82) is 0 Å². The zero-order chi connectivity index (χ0) is 13.2. The number of carbonyl (C=O) groups excluding carboxylic acids is 1. The Hall–Kier alpha value is -1.16. The van der Waals surface area contributed by atoms with Crippen LogP contribution in [-0.4, -0.2) is 12.1 Å². The lowest BCUT2D eigenvalue weighted by Crippen LogP contribution is -2.20. The first-order valence-electron chi connectivity index (χ1n) is 6.81. The maximum absolute atomic E-state index is 11.8. The molecule has 3 unspecified atom stereocenters. The molecule has 4 heteroatoms. The van der Waals surface area contributed by atoms with Gasteiger partial charge in [0.1, 0.15) is 0 Å². The van der Waals surface area contributed by atoms with Gasteiger partial charge < -0.3 is 0 Å². The molecule has 0 saturated heterocycles. The molecule has 0 heterocycles. The molecule has 2 saturated carbocycles. The van der Waals surface area contributed by atoms with Crippen LogP contribution in [0.4, 0.5) is 0 Å². The summed E-state index contributed by atoms with van der Waals surface area (Å²) in [6.45, 7) is 0. The summed E-state index contributed by atoms with van der Waals surface area (Å²) in [4.78, 5) is 11.8. The van der Waals surface area contributed by atoms with E-state index in [2.05, 4.69) is 26.5 Å². The fourth-order valence-corrected chi connectivity index (χ4v) is 3.60. The normalized spacial score (nSPS) is 29.0. The van der Waals surface area contributed by atoms with Crippen LogP contribution in [0.5, 0.6) is 0 Å². The standard InChI is InChI=1S/C15H17BrN2O/c16-14-5-3-11(4-6-14)15(19)18-17-9-13-8-10-1-2-12(13)7-10/h3-6,9-10,12-13H,1-2,7-8H2,(H,18,19). The summed E-state index contributed by atoms with van der Waals surface area (Å²) in [5, 5.41) is 4.13. The number of rotatable bonds is 3. The number of fused-ring (bicyclic) bond motifs is 2. The van der Waals surface area contributed by atoms with Gasteiger partial charge in [-0.15, -0.1) is 0 Å². The number of hydrogen-bond acceptors (Lipinski definition) is 2. The van der Waals surface area contributed by atoms with Crippen LogP contribution in [0.15, 0.2) is 33.8 Å². The van der Waals surface area contributed by atoms with Crippen molar-refractivity contribution >= 4 is 28.1 Å². The lowest BCUT2D eigenvalue weighted by Gasteiger charge is -2.16. The van der Waals surface area contributed by atoms with Crippen LogP contribution < -0.4 is 5.43 Å². The second kappa shape index (κ2) is 5.45. The van der Waals surface area contributed by atoms with E-state index in [-0.39, 0.29) is 5.91 Å². The molecule has 2 bridgehead atoms. The van der Waals surface area contributed by atoms with E-state index in [9.17, 15) is 4.79 Å². The number of hydrazone groups is 1. The van der Waals surface area contributed by atoms with Gasteiger partial charge in [0.25, 0.3) is 5.91 Å². The maximum Gasteiger partial charge on any atom is 0.271 e. The average Bonchev–Trinajstić information content (AvgIpc) is 3.02. The molecule has 1 aromatic carbocycles. The lowest BCUT2D eigenvalue weighted by molar-refractivity contribution is 0.0955. The number of benzene rings is 1. The van der Waals surface area contributed by atoms with Crippen LogP contribution in [0.1, 0.15) is 36.0 Å². The summed E-state index contributed by atoms with van der Waals surface area (Å²) < 4.78 is 0.967. The molecule has 0 spiro atoms. The molecular weight excluding hydrogens is 304 g/mol. The summed E-state index contributed by atoms with van der Waals surface area (Å²) in [6.07, 6.45) is 7.28. The molecule has 0 radical (unpaired) electrons. The van der Waals surface area contributed by atoms with E-state index < -0.39 is 0 Å². The molecule has 0 aliphatic heterocycles. The Morgan fingerprint density at radius 2 is 2.05 bits per heavy atom. The van der Waals surface area contributed by atoms with Crippen molar-refractivity contribution in [3.63, 3.8) is 0 Å². The van der Waals surface area contributed by atoms with Crippen molar-refractivity contribution in [1.82, 2.24) is 5.43 Å². The topological polar surface area (TPSA) is 41.5 Å². The number of nitrogens with one attached hydrogen (secondary N) is 1. The molecule has 3 atom stereocenters. The lowest BCUT2D eigenvalue weighted by atomic mass is 9.90. The molecule has 2 fully saturated rings. The Morgan fingerprint density at radius 1 is 1.26 bits per heavy atom. The number of nitrogens with zero attached hydrogens (tertiary/aromatic N) is 1. The van der Waals surface area contributed by atoms with Crippen LogP contribution in [0.3, 0.4) is 0 Å². The zero-order valence-corrected chi connectivity index (χ0v) is 12.3. The van der Waals surface area contributed by atoms with Gasteiger partial charge in [-0.1, -0.05) is 22.4 Å². The van der Waals surface area contributed by atoms with Gasteiger partial charge in [-0.3, -0.25) is 4.79 Å². The van der Waals surface area contributed by atoms with E-state index in [0.717, 1.165) is 16.3 Å². The Bertz CT molecular complexity index is 497. The quantitative estimate of drug-likeness (QED) is 0.671. The Balaban J connectivity index is 1.54. The Labute approximate surface area is 121 Å². The van der Waals surface area contributed by atoms with Gasteiger partial charge in [0.05, 0.1) is 0 Å².